The van der Waals surface area contributed by atoms with E-state index in [1.165, 1.54) is 6.33 Å². The lowest BCUT2D eigenvalue weighted by Gasteiger charge is -2.12. The molecule has 0 aromatic carbocycles. The molecule has 5 heteroatoms. The minimum absolute atomic E-state index is 0.00796. The second-order valence-corrected chi connectivity index (χ2v) is 3.48. The van der Waals surface area contributed by atoms with Crippen LogP contribution >= 0.6 is 0 Å². The first kappa shape index (κ1) is 10.4. The molecule has 0 bridgehead atoms. The standard InChI is InChI=1S/C11H13N5/c1-3-5-8(4-2)16-11-9-10(13-6-12-9)14-7-15-11/h2,6-8H,3,5H2,1H3,(H2,12,13,14,15,16). The topological polar surface area (TPSA) is 66.5 Å². The highest BCUT2D eigenvalue weighted by molar-refractivity contribution is 5.82. The maximum atomic E-state index is 5.44. The van der Waals surface area contributed by atoms with Crippen molar-refractivity contribution in [3.05, 3.63) is 12.7 Å². The number of hydrogen-bond donors (Lipinski definition) is 2. The molecule has 82 valence electrons. The molecule has 2 aromatic rings. The molecule has 5 nitrogen and oxygen atoms in total. The molecule has 0 aliphatic rings. The fourth-order valence-electron chi connectivity index (χ4n) is 1.53. The fraction of sp³-hybridized carbons (Fsp3) is 0.364. The van der Waals surface area contributed by atoms with Crippen LogP contribution in [0.3, 0.4) is 0 Å². The smallest absolute Gasteiger partial charge is 0.182 e. The number of terminal acetylenes is 1. The third-order valence-corrected chi connectivity index (χ3v) is 2.31. The van der Waals surface area contributed by atoms with Crippen molar-refractivity contribution < 1.29 is 0 Å². The Hall–Kier alpha value is -2.09. The van der Waals surface area contributed by atoms with Crippen molar-refractivity contribution in [2.45, 2.75) is 25.8 Å². The summed E-state index contributed by atoms with van der Waals surface area (Å²) >= 11 is 0. The predicted molar refractivity (Wildman–Crippen MR) is 62.8 cm³/mol. The lowest BCUT2D eigenvalue weighted by molar-refractivity contribution is 0.753. The van der Waals surface area contributed by atoms with Crippen molar-refractivity contribution >= 4 is 17.0 Å². The van der Waals surface area contributed by atoms with Gasteiger partial charge in [0.05, 0.1) is 12.4 Å². The van der Waals surface area contributed by atoms with Crippen molar-refractivity contribution in [1.29, 1.82) is 0 Å². The average Bonchev–Trinajstić information content (AvgIpc) is 2.77. The van der Waals surface area contributed by atoms with E-state index in [2.05, 4.69) is 38.1 Å². The van der Waals surface area contributed by atoms with E-state index in [-0.39, 0.29) is 6.04 Å². The van der Waals surface area contributed by atoms with Gasteiger partial charge in [-0.05, 0) is 6.42 Å². The van der Waals surface area contributed by atoms with Gasteiger partial charge in [-0.1, -0.05) is 19.3 Å². The molecule has 0 spiro atoms. The first-order valence-electron chi connectivity index (χ1n) is 5.22. The van der Waals surface area contributed by atoms with Gasteiger partial charge in [-0.15, -0.1) is 6.42 Å². The highest BCUT2D eigenvalue weighted by Gasteiger charge is 2.09. The molecule has 2 N–H and O–H groups in total. The number of aromatic nitrogens is 4. The molecule has 0 radical (unpaired) electrons. The molecule has 0 fully saturated rings. The number of aromatic amines is 1. The number of imidazole rings is 1. The minimum atomic E-state index is -0.00796. The Morgan fingerprint density at radius 2 is 2.38 bits per heavy atom. The number of anilines is 1. The van der Waals surface area contributed by atoms with Gasteiger partial charge < -0.3 is 10.3 Å². The first-order chi connectivity index (χ1) is 7.85. The molecule has 0 saturated carbocycles. The highest BCUT2D eigenvalue weighted by atomic mass is 15.1. The monoisotopic (exact) mass is 215 g/mol. The molecule has 16 heavy (non-hydrogen) atoms. The Kier molecular flexibility index (Phi) is 3.01. The third-order valence-electron chi connectivity index (χ3n) is 2.31. The molecule has 1 atom stereocenters. The molecule has 2 rings (SSSR count). The van der Waals surface area contributed by atoms with Crippen LogP contribution < -0.4 is 5.32 Å². The number of rotatable bonds is 4. The quantitative estimate of drug-likeness (QED) is 0.760. The van der Waals surface area contributed by atoms with Gasteiger partial charge in [0.1, 0.15) is 11.8 Å². The summed E-state index contributed by atoms with van der Waals surface area (Å²) in [4.78, 5) is 15.2. The van der Waals surface area contributed by atoms with Crippen LogP contribution in [0.2, 0.25) is 0 Å². The van der Waals surface area contributed by atoms with Crippen LogP contribution in [-0.2, 0) is 0 Å². The van der Waals surface area contributed by atoms with Crippen molar-refractivity contribution in [3.8, 4) is 12.3 Å². The van der Waals surface area contributed by atoms with E-state index >= 15 is 0 Å². The second-order valence-electron chi connectivity index (χ2n) is 3.48. The Balaban J connectivity index is 2.26. The molecule has 0 aliphatic heterocycles. The Morgan fingerprint density at radius 1 is 1.50 bits per heavy atom. The number of hydrogen-bond acceptors (Lipinski definition) is 4. The molecule has 2 aromatic heterocycles. The largest absolute Gasteiger partial charge is 0.355 e. The summed E-state index contributed by atoms with van der Waals surface area (Å²) in [6, 6.07) is -0.00796. The third kappa shape index (κ3) is 1.96. The minimum Gasteiger partial charge on any atom is -0.355 e. The molecule has 0 aliphatic carbocycles. The van der Waals surface area contributed by atoms with Gasteiger partial charge in [-0.25, -0.2) is 15.0 Å². The normalized spacial score (nSPS) is 12.2. The summed E-state index contributed by atoms with van der Waals surface area (Å²) in [7, 11) is 0. The van der Waals surface area contributed by atoms with Crippen molar-refractivity contribution in [2.24, 2.45) is 0 Å². The summed E-state index contributed by atoms with van der Waals surface area (Å²) < 4.78 is 0. The summed E-state index contributed by atoms with van der Waals surface area (Å²) in [5.74, 6) is 3.41. The maximum absolute atomic E-state index is 5.44. The Bertz CT molecular complexity index is 510. The van der Waals surface area contributed by atoms with E-state index in [1.807, 2.05) is 0 Å². The highest BCUT2D eigenvalue weighted by Crippen LogP contribution is 2.16. The molecular formula is C11H13N5. The molecular weight excluding hydrogens is 202 g/mol. The van der Waals surface area contributed by atoms with Crippen LogP contribution in [0.25, 0.3) is 11.2 Å². The maximum Gasteiger partial charge on any atom is 0.182 e. The van der Waals surface area contributed by atoms with Crippen molar-refractivity contribution in [3.63, 3.8) is 0 Å². The van der Waals surface area contributed by atoms with Crippen molar-refractivity contribution in [2.75, 3.05) is 5.32 Å². The molecule has 1 unspecified atom stereocenters. The van der Waals surface area contributed by atoms with Gasteiger partial charge in [-0.2, -0.15) is 0 Å². The van der Waals surface area contributed by atoms with Crippen LogP contribution in [-0.4, -0.2) is 26.0 Å². The lowest BCUT2D eigenvalue weighted by atomic mass is 10.2. The van der Waals surface area contributed by atoms with Crippen LogP contribution in [0.15, 0.2) is 12.7 Å². The van der Waals surface area contributed by atoms with E-state index in [1.54, 1.807) is 6.33 Å². The molecule has 0 amide bonds. The summed E-state index contributed by atoms with van der Waals surface area (Å²) in [5.41, 5.74) is 1.43. The number of nitrogens with zero attached hydrogens (tertiary/aromatic N) is 3. The van der Waals surface area contributed by atoms with Gasteiger partial charge >= 0.3 is 0 Å². The Labute approximate surface area is 93.7 Å². The first-order valence-corrected chi connectivity index (χ1v) is 5.22. The van der Waals surface area contributed by atoms with Crippen LogP contribution in [0.4, 0.5) is 5.82 Å². The zero-order valence-electron chi connectivity index (χ0n) is 9.07. The summed E-state index contributed by atoms with van der Waals surface area (Å²) in [5, 5.41) is 3.20. The SMILES string of the molecule is C#CC(CCC)Nc1ncnc2nc[nH]c12. The van der Waals surface area contributed by atoms with Gasteiger partial charge in [0, 0.05) is 0 Å². The van der Waals surface area contributed by atoms with E-state index in [4.69, 9.17) is 6.42 Å². The number of fused-ring (bicyclic) bond motifs is 1. The van der Waals surface area contributed by atoms with E-state index in [0.29, 0.717) is 11.5 Å². The predicted octanol–water partition coefficient (Wildman–Crippen LogP) is 1.57. The van der Waals surface area contributed by atoms with Crippen LogP contribution in [0, 0.1) is 12.3 Å². The van der Waals surface area contributed by atoms with Crippen LogP contribution in [0.5, 0.6) is 0 Å². The summed E-state index contributed by atoms with van der Waals surface area (Å²) in [6.07, 6.45) is 10.5. The van der Waals surface area contributed by atoms with Crippen LogP contribution in [0.1, 0.15) is 19.8 Å². The number of H-pyrrole nitrogens is 1. The molecule has 2 heterocycles. The van der Waals surface area contributed by atoms with E-state index < -0.39 is 0 Å². The molecule has 0 saturated heterocycles. The zero-order valence-corrected chi connectivity index (χ0v) is 9.07. The van der Waals surface area contributed by atoms with Gasteiger partial charge in [0.15, 0.2) is 11.5 Å². The van der Waals surface area contributed by atoms with Crippen molar-refractivity contribution in [1.82, 2.24) is 19.9 Å². The second kappa shape index (κ2) is 4.62. The van der Waals surface area contributed by atoms with Gasteiger partial charge in [-0.3, -0.25) is 0 Å². The zero-order chi connectivity index (χ0) is 11.4. The van der Waals surface area contributed by atoms with Gasteiger partial charge in [0.25, 0.3) is 0 Å². The van der Waals surface area contributed by atoms with Gasteiger partial charge in [0.2, 0.25) is 0 Å². The Morgan fingerprint density at radius 3 is 3.12 bits per heavy atom. The van der Waals surface area contributed by atoms with E-state index in [0.717, 1.165) is 18.4 Å². The average molecular weight is 215 g/mol. The lowest BCUT2D eigenvalue weighted by Crippen LogP contribution is -2.17. The summed E-state index contributed by atoms with van der Waals surface area (Å²) in [6.45, 7) is 2.10. The fourth-order valence-corrected chi connectivity index (χ4v) is 1.53. The van der Waals surface area contributed by atoms with E-state index in [9.17, 15) is 0 Å². The number of nitrogens with one attached hydrogen (secondary N) is 2.